The minimum Gasteiger partial charge on any atom is -0.369 e. The lowest BCUT2D eigenvalue weighted by molar-refractivity contribution is 0.612. The molecule has 0 aromatic heterocycles. The van der Waals surface area contributed by atoms with Gasteiger partial charge in [0.15, 0.2) is 0 Å². The standard InChI is InChI=1S/C12H17ClFN/c1-4-15(9(2)3)12-7-5-6-11(14)10(12)8-13/h5-7,9H,4,8H2,1-3H3. The summed E-state index contributed by atoms with van der Waals surface area (Å²) < 4.78 is 13.5. The average Bonchev–Trinajstić information content (AvgIpc) is 2.18. The van der Waals surface area contributed by atoms with Crippen molar-refractivity contribution in [2.24, 2.45) is 0 Å². The highest BCUT2D eigenvalue weighted by Crippen LogP contribution is 2.26. The van der Waals surface area contributed by atoms with Crippen LogP contribution in [0.15, 0.2) is 18.2 Å². The monoisotopic (exact) mass is 229 g/mol. The zero-order valence-electron chi connectivity index (χ0n) is 9.43. The summed E-state index contributed by atoms with van der Waals surface area (Å²) in [5.41, 5.74) is 1.50. The van der Waals surface area contributed by atoms with Gasteiger partial charge in [0.2, 0.25) is 0 Å². The highest BCUT2D eigenvalue weighted by Gasteiger charge is 2.14. The van der Waals surface area contributed by atoms with Gasteiger partial charge in [-0.05, 0) is 32.9 Å². The highest BCUT2D eigenvalue weighted by atomic mass is 35.5. The van der Waals surface area contributed by atoms with Crippen LogP contribution in [0.4, 0.5) is 10.1 Å². The number of halogens is 2. The number of anilines is 1. The first kappa shape index (κ1) is 12.3. The molecule has 0 bridgehead atoms. The molecule has 0 aliphatic carbocycles. The maximum absolute atomic E-state index is 13.5. The first-order chi connectivity index (χ1) is 7.11. The van der Waals surface area contributed by atoms with Crippen molar-refractivity contribution < 1.29 is 4.39 Å². The van der Waals surface area contributed by atoms with E-state index in [1.54, 1.807) is 6.07 Å². The molecule has 0 heterocycles. The molecule has 0 aliphatic heterocycles. The van der Waals surface area contributed by atoms with Crippen molar-refractivity contribution in [3.8, 4) is 0 Å². The summed E-state index contributed by atoms with van der Waals surface area (Å²) in [5, 5.41) is 0. The van der Waals surface area contributed by atoms with Gasteiger partial charge in [-0.1, -0.05) is 6.07 Å². The van der Waals surface area contributed by atoms with Crippen molar-refractivity contribution >= 4 is 17.3 Å². The lowest BCUT2D eigenvalue weighted by Crippen LogP contribution is -2.31. The van der Waals surface area contributed by atoms with Crippen LogP contribution in [0.3, 0.4) is 0 Å². The van der Waals surface area contributed by atoms with Crippen LogP contribution in [0.1, 0.15) is 26.3 Å². The number of rotatable bonds is 4. The maximum atomic E-state index is 13.5. The Hall–Kier alpha value is -0.760. The zero-order valence-corrected chi connectivity index (χ0v) is 10.2. The van der Waals surface area contributed by atoms with Crippen molar-refractivity contribution in [1.29, 1.82) is 0 Å². The summed E-state index contributed by atoms with van der Waals surface area (Å²) in [6, 6.07) is 5.45. The van der Waals surface area contributed by atoms with Crippen molar-refractivity contribution in [2.75, 3.05) is 11.4 Å². The molecule has 0 amide bonds. The second-order valence-electron chi connectivity index (χ2n) is 3.75. The number of benzene rings is 1. The van der Waals surface area contributed by atoms with E-state index >= 15 is 0 Å². The molecule has 0 saturated carbocycles. The molecule has 1 aromatic carbocycles. The summed E-state index contributed by atoms with van der Waals surface area (Å²) in [5.74, 6) is -0.00722. The Bertz CT molecular complexity index is 325. The van der Waals surface area contributed by atoms with Gasteiger partial charge in [-0.15, -0.1) is 11.6 Å². The summed E-state index contributed by atoms with van der Waals surface area (Å²) in [7, 11) is 0. The maximum Gasteiger partial charge on any atom is 0.129 e. The van der Waals surface area contributed by atoms with Crippen LogP contribution in [0.2, 0.25) is 0 Å². The van der Waals surface area contributed by atoms with Crippen LogP contribution in [0.25, 0.3) is 0 Å². The molecule has 0 saturated heterocycles. The van der Waals surface area contributed by atoms with Crippen molar-refractivity contribution in [3.63, 3.8) is 0 Å². The van der Waals surface area contributed by atoms with Gasteiger partial charge in [-0.25, -0.2) is 4.39 Å². The Morgan fingerprint density at radius 3 is 2.53 bits per heavy atom. The number of nitrogens with zero attached hydrogens (tertiary/aromatic N) is 1. The molecule has 1 aromatic rings. The number of hydrogen-bond acceptors (Lipinski definition) is 1. The third kappa shape index (κ3) is 2.63. The highest BCUT2D eigenvalue weighted by molar-refractivity contribution is 6.17. The normalized spacial score (nSPS) is 10.8. The van der Waals surface area contributed by atoms with E-state index in [1.807, 2.05) is 6.07 Å². The van der Waals surface area contributed by atoms with Crippen LogP contribution in [-0.2, 0) is 5.88 Å². The van der Waals surface area contributed by atoms with Crippen molar-refractivity contribution in [2.45, 2.75) is 32.7 Å². The first-order valence-electron chi connectivity index (χ1n) is 5.21. The Labute approximate surface area is 95.8 Å². The van der Waals surface area contributed by atoms with E-state index in [4.69, 9.17) is 11.6 Å². The van der Waals surface area contributed by atoms with Gasteiger partial charge in [-0.3, -0.25) is 0 Å². The van der Waals surface area contributed by atoms with Gasteiger partial charge in [0.05, 0.1) is 5.88 Å². The van der Waals surface area contributed by atoms with E-state index in [-0.39, 0.29) is 11.7 Å². The fourth-order valence-corrected chi connectivity index (χ4v) is 2.03. The zero-order chi connectivity index (χ0) is 11.4. The summed E-state index contributed by atoms with van der Waals surface area (Å²) >= 11 is 5.78. The third-order valence-electron chi connectivity index (χ3n) is 2.50. The van der Waals surface area contributed by atoms with Crippen molar-refractivity contribution in [3.05, 3.63) is 29.6 Å². The number of alkyl halides is 1. The summed E-state index contributed by atoms with van der Waals surface area (Å²) in [6.45, 7) is 7.09. The van der Waals surface area contributed by atoms with Crippen LogP contribution in [0.5, 0.6) is 0 Å². The molecule has 84 valence electrons. The van der Waals surface area contributed by atoms with E-state index in [9.17, 15) is 4.39 Å². The number of hydrogen-bond donors (Lipinski definition) is 0. The molecule has 1 nitrogen and oxygen atoms in total. The lowest BCUT2D eigenvalue weighted by Gasteiger charge is -2.29. The molecular weight excluding hydrogens is 213 g/mol. The fourth-order valence-electron chi connectivity index (χ4n) is 1.76. The largest absolute Gasteiger partial charge is 0.369 e. The second kappa shape index (κ2) is 5.36. The SMILES string of the molecule is CCN(c1cccc(F)c1CCl)C(C)C. The Morgan fingerprint density at radius 2 is 2.07 bits per heavy atom. The molecule has 15 heavy (non-hydrogen) atoms. The smallest absolute Gasteiger partial charge is 0.129 e. The van der Waals surface area contributed by atoms with E-state index in [0.717, 1.165) is 12.2 Å². The average molecular weight is 230 g/mol. The van der Waals surface area contributed by atoms with Gasteiger partial charge in [0, 0.05) is 23.8 Å². The fraction of sp³-hybridized carbons (Fsp3) is 0.500. The molecule has 0 N–H and O–H groups in total. The summed E-state index contributed by atoms with van der Waals surface area (Å²) in [6.07, 6.45) is 0. The third-order valence-corrected chi connectivity index (χ3v) is 2.77. The molecular formula is C12H17ClFN. The lowest BCUT2D eigenvalue weighted by atomic mass is 10.1. The van der Waals surface area contributed by atoms with Gasteiger partial charge in [0.1, 0.15) is 5.82 Å². The van der Waals surface area contributed by atoms with Crippen LogP contribution in [0, 0.1) is 5.82 Å². The topological polar surface area (TPSA) is 3.24 Å². The Balaban J connectivity index is 3.16. The van der Waals surface area contributed by atoms with Crippen LogP contribution >= 0.6 is 11.6 Å². The van der Waals surface area contributed by atoms with Gasteiger partial charge < -0.3 is 4.90 Å². The van der Waals surface area contributed by atoms with Gasteiger partial charge in [0.25, 0.3) is 0 Å². The molecule has 0 atom stereocenters. The predicted molar refractivity (Wildman–Crippen MR) is 64.1 cm³/mol. The van der Waals surface area contributed by atoms with E-state index in [2.05, 4.69) is 25.7 Å². The molecule has 3 heteroatoms. The van der Waals surface area contributed by atoms with Gasteiger partial charge in [-0.2, -0.15) is 0 Å². The molecule has 0 radical (unpaired) electrons. The van der Waals surface area contributed by atoms with E-state index < -0.39 is 0 Å². The van der Waals surface area contributed by atoms with Crippen LogP contribution in [-0.4, -0.2) is 12.6 Å². The molecule has 0 aliphatic rings. The van der Waals surface area contributed by atoms with Gasteiger partial charge >= 0.3 is 0 Å². The van der Waals surface area contributed by atoms with E-state index in [0.29, 0.717) is 11.6 Å². The Kier molecular flexibility index (Phi) is 4.40. The van der Waals surface area contributed by atoms with E-state index in [1.165, 1.54) is 6.07 Å². The van der Waals surface area contributed by atoms with Crippen LogP contribution < -0.4 is 4.90 Å². The van der Waals surface area contributed by atoms with Crippen molar-refractivity contribution in [1.82, 2.24) is 0 Å². The first-order valence-corrected chi connectivity index (χ1v) is 5.75. The quantitative estimate of drug-likeness (QED) is 0.710. The molecule has 0 unspecified atom stereocenters. The molecule has 1 rings (SSSR count). The molecule has 0 spiro atoms. The second-order valence-corrected chi connectivity index (χ2v) is 4.02. The summed E-state index contributed by atoms with van der Waals surface area (Å²) in [4.78, 5) is 2.14. The molecule has 0 fully saturated rings. The predicted octanol–water partition coefficient (Wildman–Crippen LogP) is 3.80. The Morgan fingerprint density at radius 1 is 1.40 bits per heavy atom. The minimum atomic E-state index is -0.221. The minimum absolute atomic E-state index is 0.214.